The summed E-state index contributed by atoms with van der Waals surface area (Å²) in [7, 11) is 0. The molecule has 0 unspecified atom stereocenters. The molecule has 1 aromatic carbocycles. The highest BCUT2D eigenvalue weighted by Crippen LogP contribution is 2.24. The molecule has 0 atom stereocenters. The third kappa shape index (κ3) is 3.45. The minimum Gasteiger partial charge on any atom is -0.508 e. The molecule has 0 fully saturated rings. The van der Waals surface area contributed by atoms with Crippen molar-refractivity contribution in [3.05, 3.63) is 47.7 Å². The lowest BCUT2D eigenvalue weighted by atomic mass is 9.99. The first kappa shape index (κ1) is 15.8. The summed E-state index contributed by atoms with van der Waals surface area (Å²) in [5, 5.41) is 15.4. The van der Waals surface area contributed by atoms with Crippen LogP contribution in [-0.4, -0.2) is 40.1 Å². The Labute approximate surface area is 138 Å². The molecule has 2 heterocycles. The fourth-order valence-corrected chi connectivity index (χ4v) is 2.53. The zero-order chi connectivity index (χ0) is 17.1. The monoisotopic (exact) mass is 327 g/mol. The van der Waals surface area contributed by atoms with Gasteiger partial charge in [-0.1, -0.05) is 23.4 Å². The van der Waals surface area contributed by atoms with E-state index in [1.807, 2.05) is 18.2 Å². The molecule has 1 aromatic heterocycles. The maximum atomic E-state index is 12.2. The fraction of sp³-hybridized carbons (Fsp3) is 0.235. The molecule has 124 valence electrons. The van der Waals surface area contributed by atoms with Gasteiger partial charge in [-0.05, 0) is 36.6 Å². The molecule has 2 aromatic rings. The molecular weight excluding hydrogens is 310 g/mol. The van der Waals surface area contributed by atoms with Gasteiger partial charge in [-0.25, -0.2) is 0 Å². The topological polar surface area (TPSA) is 95.7 Å². The molecule has 2 amide bonds. The van der Waals surface area contributed by atoms with Crippen LogP contribution in [0.2, 0.25) is 0 Å². The Bertz CT molecular complexity index is 792. The number of nitrogens with zero attached hydrogens (tertiary/aromatic N) is 2. The molecule has 0 bridgehead atoms. The molecule has 1 aliphatic rings. The molecule has 0 spiro atoms. The molecule has 0 saturated carbocycles. The predicted octanol–water partition coefficient (Wildman–Crippen LogP) is 1.94. The second-order valence-electron chi connectivity index (χ2n) is 5.55. The number of phenols is 1. The van der Waals surface area contributed by atoms with Crippen LogP contribution in [0.1, 0.15) is 17.7 Å². The van der Waals surface area contributed by atoms with E-state index in [2.05, 4.69) is 10.5 Å². The third-order valence-electron chi connectivity index (χ3n) is 3.80. The van der Waals surface area contributed by atoms with Gasteiger partial charge in [0.1, 0.15) is 11.5 Å². The second-order valence-corrected chi connectivity index (χ2v) is 5.55. The number of phenolic OH excluding ortho intramolecular Hbond substituents is 1. The number of amides is 2. The van der Waals surface area contributed by atoms with E-state index in [0.29, 0.717) is 25.3 Å². The first-order valence-corrected chi connectivity index (χ1v) is 7.55. The second kappa shape index (κ2) is 6.57. The highest BCUT2D eigenvalue weighted by atomic mass is 16.5. The van der Waals surface area contributed by atoms with E-state index in [4.69, 9.17) is 4.52 Å². The number of aryl methyl sites for hydroxylation is 1. The SMILES string of the molecule is Cc1cc(NC(=O)C(=O)N2CC=C(c3ccc(O)cc3)CC2)no1. The van der Waals surface area contributed by atoms with Crippen molar-refractivity contribution < 1.29 is 19.2 Å². The lowest BCUT2D eigenvalue weighted by Crippen LogP contribution is -2.41. The minimum atomic E-state index is -0.732. The van der Waals surface area contributed by atoms with Crippen LogP contribution in [0.4, 0.5) is 5.82 Å². The fourth-order valence-electron chi connectivity index (χ4n) is 2.53. The number of carbonyl (C=O) groups excluding carboxylic acids is 2. The van der Waals surface area contributed by atoms with E-state index in [1.165, 1.54) is 4.90 Å². The molecule has 7 heteroatoms. The van der Waals surface area contributed by atoms with Crippen LogP contribution in [0.25, 0.3) is 5.57 Å². The molecule has 2 N–H and O–H groups in total. The lowest BCUT2D eigenvalue weighted by Gasteiger charge is -2.26. The molecule has 0 aliphatic carbocycles. The summed E-state index contributed by atoms with van der Waals surface area (Å²) in [5.74, 6) is -0.339. The number of anilines is 1. The van der Waals surface area contributed by atoms with Gasteiger partial charge in [0.05, 0.1) is 0 Å². The number of aromatic nitrogens is 1. The summed E-state index contributed by atoms with van der Waals surface area (Å²) in [6, 6.07) is 8.46. The van der Waals surface area contributed by atoms with E-state index in [1.54, 1.807) is 25.1 Å². The number of aromatic hydroxyl groups is 1. The summed E-state index contributed by atoms with van der Waals surface area (Å²) >= 11 is 0. The van der Waals surface area contributed by atoms with Crippen molar-refractivity contribution in [1.29, 1.82) is 0 Å². The summed E-state index contributed by atoms with van der Waals surface area (Å²) in [4.78, 5) is 25.6. The van der Waals surface area contributed by atoms with Crippen molar-refractivity contribution in [1.82, 2.24) is 10.1 Å². The Morgan fingerprint density at radius 3 is 2.62 bits per heavy atom. The maximum Gasteiger partial charge on any atom is 0.315 e. The normalized spacial score (nSPS) is 14.2. The lowest BCUT2D eigenvalue weighted by molar-refractivity contribution is -0.142. The van der Waals surface area contributed by atoms with Gasteiger partial charge < -0.3 is 14.5 Å². The average molecular weight is 327 g/mol. The number of nitrogens with one attached hydrogen (secondary N) is 1. The highest BCUT2D eigenvalue weighted by Gasteiger charge is 2.24. The number of carbonyl (C=O) groups is 2. The maximum absolute atomic E-state index is 12.2. The van der Waals surface area contributed by atoms with Crippen LogP contribution in [0.3, 0.4) is 0 Å². The van der Waals surface area contributed by atoms with Crippen molar-refractivity contribution in [3.63, 3.8) is 0 Å². The standard InChI is InChI=1S/C17H17N3O4/c1-11-10-15(19-24-11)18-16(22)17(23)20-8-6-13(7-9-20)12-2-4-14(21)5-3-12/h2-6,10,21H,7-9H2,1H3,(H,18,19,22). The Hall–Kier alpha value is -3.09. The van der Waals surface area contributed by atoms with Gasteiger partial charge in [0, 0.05) is 19.2 Å². The quantitative estimate of drug-likeness (QED) is 0.822. The van der Waals surface area contributed by atoms with Crippen molar-refractivity contribution in [2.75, 3.05) is 18.4 Å². The average Bonchev–Trinajstić information content (AvgIpc) is 3.00. The van der Waals surface area contributed by atoms with Crippen LogP contribution >= 0.6 is 0 Å². The van der Waals surface area contributed by atoms with E-state index < -0.39 is 11.8 Å². The summed E-state index contributed by atoms with van der Waals surface area (Å²) in [6.07, 6.45) is 2.56. The van der Waals surface area contributed by atoms with Crippen LogP contribution in [0.15, 0.2) is 40.9 Å². The summed E-state index contributed by atoms with van der Waals surface area (Å²) < 4.78 is 4.85. The smallest absolute Gasteiger partial charge is 0.315 e. The molecule has 1 aliphatic heterocycles. The van der Waals surface area contributed by atoms with Gasteiger partial charge in [0.15, 0.2) is 5.82 Å². The van der Waals surface area contributed by atoms with Crippen molar-refractivity contribution in [2.24, 2.45) is 0 Å². The van der Waals surface area contributed by atoms with E-state index >= 15 is 0 Å². The van der Waals surface area contributed by atoms with Gasteiger partial charge in [0.2, 0.25) is 0 Å². The first-order chi connectivity index (χ1) is 11.5. The number of hydrogen-bond acceptors (Lipinski definition) is 5. The summed E-state index contributed by atoms with van der Waals surface area (Å²) in [6.45, 7) is 2.52. The van der Waals surface area contributed by atoms with Crippen LogP contribution in [0, 0.1) is 6.92 Å². The predicted molar refractivity (Wildman–Crippen MR) is 87.2 cm³/mol. The Morgan fingerprint density at radius 1 is 1.29 bits per heavy atom. The number of benzene rings is 1. The van der Waals surface area contributed by atoms with Crippen LogP contribution < -0.4 is 5.32 Å². The highest BCUT2D eigenvalue weighted by molar-refractivity contribution is 6.39. The van der Waals surface area contributed by atoms with Crippen molar-refractivity contribution in [3.8, 4) is 5.75 Å². The van der Waals surface area contributed by atoms with Gasteiger partial charge in [0.25, 0.3) is 0 Å². The van der Waals surface area contributed by atoms with Crippen molar-refractivity contribution >= 4 is 23.2 Å². The Kier molecular flexibility index (Phi) is 4.33. The minimum absolute atomic E-state index is 0.215. The zero-order valence-electron chi connectivity index (χ0n) is 13.2. The molecule has 7 nitrogen and oxygen atoms in total. The molecule has 0 radical (unpaired) electrons. The number of hydrogen-bond donors (Lipinski definition) is 2. The van der Waals surface area contributed by atoms with Gasteiger partial charge in [-0.15, -0.1) is 0 Å². The van der Waals surface area contributed by atoms with Crippen molar-refractivity contribution in [2.45, 2.75) is 13.3 Å². The summed E-state index contributed by atoms with van der Waals surface area (Å²) in [5.41, 5.74) is 2.09. The third-order valence-corrected chi connectivity index (χ3v) is 3.80. The van der Waals surface area contributed by atoms with E-state index in [0.717, 1.165) is 11.1 Å². The first-order valence-electron chi connectivity index (χ1n) is 7.55. The van der Waals surface area contributed by atoms with Crippen LogP contribution in [0.5, 0.6) is 5.75 Å². The zero-order valence-corrected chi connectivity index (χ0v) is 13.2. The van der Waals surface area contributed by atoms with Crippen LogP contribution in [-0.2, 0) is 9.59 Å². The molecule has 0 saturated heterocycles. The largest absolute Gasteiger partial charge is 0.508 e. The van der Waals surface area contributed by atoms with E-state index in [-0.39, 0.29) is 11.6 Å². The van der Waals surface area contributed by atoms with Gasteiger partial charge >= 0.3 is 11.8 Å². The van der Waals surface area contributed by atoms with Gasteiger partial charge in [-0.3, -0.25) is 14.9 Å². The molecular formula is C17H17N3O4. The Balaban J connectivity index is 1.61. The van der Waals surface area contributed by atoms with Gasteiger partial charge in [-0.2, -0.15) is 0 Å². The van der Waals surface area contributed by atoms with E-state index in [9.17, 15) is 14.7 Å². The Morgan fingerprint density at radius 2 is 2.04 bits per heavy atom. The molecule has 24 heavy (non-hydrogen) atoms. The number of rotatable bonds is 2. The molecule has 3 rings (SSSR count).